The van der Waals surface area contributed by atoms with E-state index in [0.29, 0.717) is 0 Å². The Hall–Kier alpha value is -8.66. The van der Waals surface area contributed by atoms with Crippen molar-refractivity contribution in [2.24, 2.45) is 0 Å². The van der Waals surface area contributed by atoms with Crippen LogP contribution in [0.4, 0.5) is 0 Å². The molecule has 0 bridgehead atoms. The SMILES string of the molecule is O=C(O)c1ccc(-c2ccc3c(c2)c2cc(-c4ccc(C(=O)O)cc4)ccc2c2nc4c(-c5cccc6c5oc5ccccc56)sc(-c5cccc6c5oc5ccccc56)c4nc32)cc1. The number of aromatic carboxylic acids is 2. The summed E-state index contributed by atoms with van der Waals surface area (Å²) in [5.41, 5.74) is 11.9. The molecule has 0 aliphatic rings. The predicted molar refractivity (Wildman–Crippen MR) is 260 cm³/mol. The van der Waals surface area contributed by atoms with Gasteiger partial charge in [0.1, 0.15) is 33.4 Å². The van der Waals surface area contributed by atoms with Gasteiger partial charge in [0.15, 0.2) is 0 Å². The first kappa shape index (κ1) is 36.9. The van der Waals surface area contributed by atoms with Crippen LogP contribution in [0.25, 0.3) is 131 Å². The van der Waals surface area contributed by atoms with E-state index in [0.717, 1.165) is 131 Å². The number of fused-ring (bicyclic) bond motifs is 13. The number of hydrogen-bond donors (Lipinski definition) is 2. The van der Waals surface area contributed by atoms with Crippen LogP contribution in [0.15, 0.2) is 179 Å². The average Bonchev–Trinajstić information content (AvgIpc) is 4.05. The molecule has 0 amide bonds. The van der Waals surface area contributed by atoms with Gasteiger partial charge in [0.25, 0.3) is 0 Å². The summed E-state index contributed by atoms with van der Waals surface area (Å²) in [5.74, 6) is -1.97. The molecule has 4 heterocycles. The number of furan rings is 2. The Morgan fingerprint density at radius 1 is 0.385 bits per heavy atom. The lowest BCUT2D eigenvalue weighted by Gasteiger charge is -2.13. The summed E-state index contributed by atoms with van der Waals surface area (Å²) < 4.78 is 13.3. The van der Waals surface area contributed by atoms with Crippen molar-refractivity contribution in [2.45, 2.75) is 0 Å². The van der Waals surface area contributed by atoms with Crippen molar-refractivity contribution in [3.05, 3.63) is 181 Å². The number of rotatable bonds is 6. The summed E-state index contributed by atoms with van der Waals surface area (Å²) in [4.78, 5) is 36.6. The van der Waals surface area contributed by atoms with Crippen LogP contribution in [0.1, 0.15) is 20.7 Å². The van der Waals surface area contributed by atoms with Gasteiger partial charge in [0, 0.05) is 43.4 Å². The van der Waals surface area contributed by atoms with Crippen LogP contribution >= 0.6 is 11.3 Å². The highest BCUT2D eigenvalue weighted by Gasteiger charge is 2.26. The molecule has 2 N–H and O–H groups in total. The van der Waals surface area contributed by atoms with Crippen LogP contribution in [0.3, 0.4) is 0 Å². The van der Waals surface area contributed by atoms with Crippen molar-refractivity contribution in [3.8, 4) is 43.1 Å². The van der Waals surface area contributed by atoms with Gasteiger partial charge in [0.2, 0.25) is 0 Å². The van der Waals surface area contributed by atoms with Crippen LogP contribution in [0.5, 0.6) is 0 Å². The highest BCUT2D eigenvalue weighted by atomic mass is 32.1. The van der Waals surface area contributed by atoms with E-state index in [1.807, 2.05) is 72.8 Å². The summed E-state index contributed by atoms with van der Waals surface area (Å²) in [7, 11) is 0. The Morgan fingerprint density at radius 2 is 0.785 bits per heavy atom. The third kappa shape index (κ3) is 5.62. The van der Waals surface area contributed by atoms with Gasteiger partial charge >= 0.3 is 11.9 Å². The van der Waals surface area contributed by atoms with Gasteiger partial charge in [-0.05, 0) is 93.7 Å². The molecule has 0 fully saturated rings. The van der Waals surface area contributed by atoms with E-state index in [1.54, 1.807) is 35.6 Å². The maximum absolute atomic E-state index is 11.7. The number of carboxylic acids is 2. The normalized spacial score (nSPS) is 11.9. The first-order valence-electron chi connectivity index (χ1n) is 21.0. The number of aromatic nitrogens is 2. The first-order chi connectivity index (χ1) is 31.9. The molecule has 13 aromatic rings. The van der Waals surface area contributed by atoms with E-state index in [-0.39, 0.29) is 11.1 Å². The molecule has 9 heteroatoms. The molecule has 0 atom stereocenters. The second kappa shape index (κ2) is 13.9. The predicted octanol–water partition coefficient (Wildman–Crippen LogP) is 15.0. The van der Waals surface area contributed by atoms with Crippen LogP contribution < -0.4 is 0 Å². The van der Waals surface area contributed by atoms with Crippen LogP contribution in [-0.4, -0.2) is 32.1 Å². The summed E-state index contributed by atoms with van der Waals surface area (Å²) in [6, 6.07) is 55.0. The highest BCUT2D eigenvalue weighted by molar-refractivity contribution is 7.21. The molecule has 0 radical (unpaired) electrons. The first-order valence-corrected chi connectivity index (χ1v) is 21.8. The average molecular weight is 859 g/mol. The van der Waals surface area contributed by atoms with Crippen molar-refractivity contribution in [1.82, 2.24) is 9.97 Å². The molecule has 0 saturated heterocycles. The van der Waals surface area contributed by atoms with Crippen molar-refractivity contribution in [3.63, 3.8) is 0 Å². The zero-order valence-corrected chi connectivity index (χ0v) is 34.8. The zero-order chi connectivity index (χ0) is 43.5. The number of nitrogens with zero attached hydrogens (tertiary/aromatic N) is 2. The van der Waals surface area contributed by atoms with E-state index in [4.69, 9.17) is 18.8 Å². The van der Waals surface area contributed by atoms with Crippen LogP contribution in [0.2, 0.25) is 0 Å². The van der Waals surface area contributed by atoms with Crippen LogP contribution in [-0.2, 0) is 0 Å². The maximum Gasteiger partial charge on any atom is 0.335 e. The summed E-state index contributed by atoms with van der Waals surface area (Å²) in [5, 5.41) is 27.0. The molecule has 4 aromatic heterocycles. The molecule has 0 unspecified atom stereocenters. The maximum atomic E-state index is 11.7. The lowest BCUT2D eigenvalue weighted by atomic mass is 9.93. The number of carboxylic acid groups (broad SMARTS) is 2. The fourth-order valence-electron chi connectivity index (χ4n) is 9.46. The Bertz CT molecular complexity index is 3910. The minimum atomic E-state index is -0.983. The fraction of sp³-hybridized carbons (Fsp3) is 0. The molecule has 0 spiro atoms. The van der Waals surface area contributed by atoms with Crippen LogP contribution in [0, 0.1) is 0 Å². The molecule has 0 aliphatic carbocycles. The smallest absolute Gasteiger partial charge is 0.335 e. The van der Waals surface area contributed by atoms with Crippen molar-refractivity contribution in [2.75, 3.05) is 0 Å². The monoisotopic (exact) mass is 858 g/mol. The van der Waals surface area contributed by atoms with Gasteiger partial charge in [-0.2, -0.15) is 0 Å². The quantitative estimate of drug-likeness (QED) is 0.158. The fourth-order valence-corrected chi connectivity index (χ4v) is 10.7. The standard InChI is InChI=1S/C56H30N2O6S/c59-55(60)31-19-15-29(16-20-31)33-23-25-37-43(27-33)44-28-34(30-17-21-32(22-18-30)56(61)62)24-26-38(44)48-47(37)57-49-50(58-48)54(42-12-6-10-40-36-8-2-4-14-46(36)64-52(40)42)65-53(49)41-11-5-9-39-35-7-1-3-13-45(35)63-51(39)41/h1-28H,(H,59,60)(H,61,62). The summed E-state index contributed by atoms with van der Waals surface area (Å²) in [6.45, 7) is 0. The third-order valence-corrected chi connectivity index (χ3v) is 13.8. The number of carbonyl (C=O) groups is 2. The molecule has 65 heavy (non-hydrogen) atoms. The van der Waals surface area contributed by atoms with Crippen molar-refractivity contribution in [1.29, 1.82) is 0 Å². The van der Waals surface area contributed by atoms with E-state index in [9.17, 15) is 19.8 Å². The number of para-hydroxylation sites is 4. The molecule has 0 aliphatic heterocycles. The van der Waals surface area contributed by atoms with Gasteiger partial charge in [-0.3, -0.25) is 0 Å². The molecular weight excluding hydrogens is 829 g/mol. The molecule has 306 valence electrons. The van der Waals surface area contributed by atoms with E-state index >= 15 is 0 Å². The van der Waals surface area contributed by atoms with Gasteiger partial charge < -0.3 is 19.0 Å². The number of hydrogen-bond acceptors (Lipinski definition) is 7. The summed E-state index contributed by atoms with van der Waals surface area (Å²) in [6.07, 6.45) is 0. The second-order valence-electron chi connectivity index (χ2n) is 16.2. The summed E-state index contributed by atoms with van der Waals surface area (Å²) >= 11 is 1.63. The second-order valence-corrected chi connectivity index (χ2v) is 17.2. The Morgan fingerprint density at radius 3 is 1.22 bits per heavy atom. The van der Waals surface area contributed by atoms with Gasteiger partial charge in [-0.15, -0.1) is 11.3 Å². The van der Waals surface area contributed by atoms with Gasteiger partial charge in [-0.1, -0.05) is 109 Å². The van der Waals surface area contributed by atoms with Gasteiger partial charge in [0.05, 0.1) is 31.9 Å². The topological polar surface area (TPSA) is 127 Å². The lowest BCUT2D eigenvalue weighted by Crippen LogP contribution is -1.95. The molecule has 0 saturated carbocycles. The molecule has 8 nitrogen and oxygen atoms in total. The van der Waals surface area contributed by atoms with E-state index in [1.165, 1.54) is 0 Å². The Kier molecular flexibility index (Phi) is 7.91. The molecular formula is C56H30N2O6S. The third-order valence-electron chi connectivity index (χ3n) is 12.6. The number of thiophene rings is 1. The Balaban J connectivity index is 1.14. The van der Waals surface area contributed by atoms with E-state index < -0.39 is 11.9 Å². The van der Waals surface area contributed by atoms with Crippen molar-refractivity contribution < 1.29 is 28.6 Å². The highest BCUT2D eigenvalue weighted by Crippen LogP contribution is 2.50. The largest absolute Gasteiger partial charge is 0.478 e. The van der Waals surface area contributed by atoms with Gasteiger partial charge in [-0.25, -0.2) is 19.6 Å². The lowest BCUT2D eigenvalue weighted by molar-refractivity contribution is 0.0686. The minimum Gasteiger partial charge on any atom is -0.478 e. The van der Waals surface area contributed by atoms with Crippen molar-refractivity contribution >= 4 is 111 Å². The zero-order valence-electron chi connectivity index (χ0n) is 34.0. The number of benzene rings is 9. The minimum absolute atomic E-state index is 0.213. The Labute approximate surface area is 371 Å². The van der Waals surface area contributed by atoms with E-state index in [2.05, 4.69) is 72.8 Å². The molecule has 9 aromatic carbocycles. The molecule has 13 rings (SSSR count).